The van der Waals surface area contributed by atoms with Gasteiger partial charge in [0.2, 0.25) is 0 Å². The summed E-state index contributed by atoms with van der Waals surface area (Å²) in [6.07, 6.45) is 1.11. The molecule has 0 saturated heterocycles. The summed E-state index contributed by atoms with van der Waals surface area (Å²) >= 11 is 5.87. The number of benzene rings is 1. The smallest absolute Gasteiger partial charge is 0.289 e. The number of nitrogens with zero attached hydrogens (tertiary/aromatic N) is 3. The molecule has 0 radical (unpaired) electrons. The number of halogens is 1. The van der Waals surface area contributed by atoms with Crippen LogP contribution in [0, 0.1) is 21.4 Å². The number of anilines is 1. The van der Waals surface area contributed by atoms with E-state index in [1.54, 1.807) is 12.1 Å². The zero-order chi connectivity index (χ0) is 14.5. The van der Waals surface area contributed by atoms with E-state index in [-0.39, 0.29) is 11.3 Å². The van der Waals surface area contributed by atoms with E-state index in [0.29, 0.717) is 17.4 Å². The highest BCUT2D eigenvalue weighted by Gasteiger charge is 2.11. The maximum atomic E-state index is 10.6. The van der Waals surface area contributed by atoms with Crippen molar-refractivity contribution < 1.29 is 4.92 Å². The molecule has 1 heterocycles. The predicted octanol–water partition coefficient (Wildman–Crippen LogP) is 3.13. The molecule has 0 saturated carbocycles. The van der Waals surface area contributed by atoms with E-state index < -0.39 is 4.92 Å². The number of nitrogens with one attached hydrogen (secondary N) is 1. The van der Waals surface area contributed by atoms with E-state index in [0.717, 1.165) is 11.8 Å². The van der Waals surface area contributed by atoms with Crippen molar-refractivity contribution in [2.24, 2.45) is 0 Å². The molecule has 0 unspecified atom stereocenters. The van der Waals surface area contributed by atoms with Crippen LogP contribution in [0.25, 0.3) is 0 Å². The van der Waals surface area contributed by atoms with Crippen molar-refractivity contribution >= 4 is 23.1 Å². The number of pyridine rings is 1. The Morgan fingerprint density at radius 2 is 2.25 bits per heavy atom. The Kier molecular flexibility index (Phi) is 4.13. The standard InChI is InChI=1S/C13H9ClN4O2/c14-11-3-1-2-9(4-11)7-16-13-10(6-15)5-12(8-17-13)18(19)20/h1-5,8H,7H2,(H,16,17). The van der Waals surface area contributed by atoms with Crippen molar-refractivity contribution in [3.05, 3.63) is 62.8 Å². The molecule has 0 aliphatic carbocycles. The van der Waals surface area contributed by atoms with Crippen LogP contribution in [-0.4, -0.2) is 9.91 Å². The highest BCUT2D eigenvalue weighted by molar-refractivity contribution is 6.30. The van der Waals surface area contributed by atoms with Gasteiger partial charge in [0.25, 0.3) is 5.69 Å². The lowest BCUT2D eigenvalue weighted by molar-refractivity contribution is -0.385. The van der Waals surface area contributed by atoms with Gasteiger partial charge in [-0.25, -0.2) is 4.98 Å². The Labute approximate surface area is 119 Å². The third kappa shape index (κ3) is 3.22. The fraction of sp³-hybridized carbons (Fsp3) is 0.0769. The molecule has 1 N–H and O–H groups in total. The van der Waals surface area contributed by atoms with Crippen molar-refractivity contribution in [3.63, 3.8) is 0 Å². The molecule has 6 nitrogen and oxygen atoms in total. The highest BCUT2D eigenvalue weighted by Crippen LogP contribution is 2.19. The molecule has 0 spiro atoms. The van der Waals surface area contributed by atoms with E-state index in [1.807, 2.05) is 18.2 Å². The lowest BCUT2D eigenvalue weighted by Gasteiger charge is -2.07. The molecule has 7 heteroatoms. The van der Waals surface area contributed by atoms with Crippen LogP contribution in [0.15, 0.2) is 36.5 Å². The van der Waals surface area contributed by atoms with Crippen LogP contribution in [0.1, 0.15) is 11.1 Å². The van der Waals surface area contributed by atoms with Gasteiger partial charge in [-0.1, -0.05) is 23.7 Å². The Hall–Kier alpha value is -2.65. The highest BCUT2D eigenvalue weighted by atomic mass is 35.5. The molecule has 2 aromatic rings. The van der Waals surface area contributed by atoms with Crippen molar-refractivity contribution in [2.45, 2.75) is 6.54 Å². The monoisotopic (exact) mass is 288 g/mol. The van der Waals surface area contributed by atoms with Gasteiger partial charge in [0.05, 0.1) is 4.92 Å². The third-order valence-electron chi connectivity index (χ3n) is 2.55. The fourth-order valence-corrected chi connectivity index (χ4v) is 1.83. The first-order valence-electron chi connectivity index (χ1n) is 5.63. The van der Waals surface area contributed by atoms with Gasteiger partial charge in [-0.05, 0) is 17.7 Å². The van der Waals surface area contributed by atoms with Crippen LogP contribution < -0.4 is 5.32 Å². The minimum Gasteiger partial charge on any atom is -0.365 e. The van der Waals surface area contributed by atoms with Crippen molar-refractivity contribution in [3.8, 4) is 6.07 Å². The van der Waals surface area contributed by atoms with Crippen LogP contribution in [-0.2, 0) is 6.54 Å². The Bertz CT molecular complexity index is 697. The molecule has 1 aromatic heterocycles. The van der Waals surface area contributed by atoms with Crippen LogP contribution in [0.3, 0.4) is 0 Å². The maximum Gasteiger partial charge on any atom is 0.289 e. The van der Waals surface area contributed by atoms with Crippen LogP contribution in [0.4, 0.5) is 11.5 Å². The molecular weight excluding hydrogens is 280 g/mol. The molecule has 0 aliphatic rings. The second-order valence-electron chi connectivity index (χ2n) is 3.94. The summed E-state index contributed by atoms with van der Waals surface area (Å²) < 4.78 is 0. The van der Waals surface area contributed by atoms with Crippen LogP contribution >= 0.6 is 11.6 Å². The normalized spacial score (nSPS) is 9.80. The minimum atomic E-state index is -0.589. The molecule has 0 fully saturated rings. The molecular formula is C13H9ClN4O2. The van der Waals surface area contributed by atoms with Crippen molar-refractivity contribution in [1.82, 2.24) is 4.98 Å². The number of rotatable bonds is 4. The van der Waals surface area contributed by atoms with Gasteiger partial charge in [-0.3, -0.25) is 10.1 Å². The Morgan fingerprint density at radius 1 is 1.45 bits per heavy atom. The quantitative estimate of drug-likeness (QED) is 0.689. The number of aromatic nitrogens is 1. The molecule has 100 valence electrons. The van der Waals surface area contributed by atoms with E-state index in [1.165, 1.54) is 6.07 Å². The number of hydrogen-bond donors (Lipinski definition) is 1. The van der Waals surface area contributed by atoms with Crippen LogP contribution in [0.5, 0.6) is 0 Å². The minimum absolute atomic E-state index is 0.126. The van der Waals surface area contributed by atoms with Gasteiger partial charge in [-0.15, -0.1) is 0 Å². The second kappa shape index (κ2) is 5.99. The molecule has 0 aliphatic heterocycles. The van der Waals surface area contributed by atoms with Crippen molar-refractivity contribution in [2.75, 3.05) is 5.32 Å². The zero-order valence-corrected chi connectivity index (χ0v) is 11.0. The van der Waals surface area contributed by atoms with Crippen molar-refractivity contribution in [1.29, 1.82) is 5.26 Å². The molecule has 0 atom stereocenters. The van der Waals surface area contributed by atoms with E-state index in [9.17, 15) is 10.1 Å². The lowest BCUT2D eigenvalue weighted by Crippen LogP contribution is -2.04. The first kappa shape index (κ1) is 13.8. The molecule has 20 heavy (non-hydrogen) atoms. The molecule has 0 bridgehead atoms. The lowest BCUT2D eigenvalue weighted by atomic mass is 10.2. The van der Waals surface area contributed by atoms with Gasteiger partial charge in [0.1, 0.15) is 23.6 Å². The largest absolute Gasteiger partial charge is 0.365 e. The third-order valence-corrected chi connectivity index (χ3v) is 2.79. The summed E-state index contributed by atoms with van der Waals surface area (Å²) in [6, 6.07) is 10.3. The van der Waals surface area contributed by atoms with E-state index in [4.69, 9.17) is 16.9 Å². The van der Waals surface area contributed by atoms with E-state index >= 15 is 0 Å². The average Bonchev–Trinajstić information content (AvgIpc) is 2.45. The summed E-state index contributed by atoms with van der Waals surface area (Å²) in [7, 11) is 0. The summed E-state index contributed by atoms with van der Waals surface area (Å²) in [5, 5.41) is 23.2. The van der Waals surface area contributed by atoms with Gasteiger partial charge in [0, 0.05) is 17.6 Å². The molecule has 1 aromatic carbocycles. The number of nitro groups is 1. The first-order valence-corrected chi connectivity index (χ1v) is 6.01. The van der Waals surface area contributed by atoms with Gasteiger partial charge in [0.15, 0.2) is 0 Å². The summed E-state index contributed by atoms with van der Waals surface area (Å²) in [5.41, 5.74) is 0.831. The summed E-state index contributed by atoms with van der Waals surface area (Å²) in [6.45, 7) is 0.417. The maximum absolute atomic E-state index is 10.6. The fourth-order valence-electron chi connectivity index (χ4n) is 1.61. The number of nitriles is 1. The van der Waals surface area contributed by atoms with Gasteiger partial charge >= 0.3 is 0 Å². The first-order chi connectivity index (χ1) is 9.60. The van der Waals surface area contributed by atoms with E-state index in [2.05, 4.69) is 10.3 Å². The topological polar surface area (TPSA) is 91.8 Å². The molecule has 0 amide bonds. The van der Waals surface area contributed by atoms with Gasteiger partial charge < -0.3 is 5.32 Å². The Morgan fingerprint density at radius 3 is 2.90 bits per heavy atom. The van der Waals surface area contributed by atoms with Gasteiger partial charge in [-0.2, -0.15) is 5.26 Å². The Balaban J connectivity index is 2.18. The number of hydrogen-bond acceptors (Lipinski definition) is 5. The zero-order valence-electron chi connectivity index (χ0n) is 10.2. The summed E-state index contributed by atoms with van der Waals surface area (Å²) in [4.78, 5) is 13.9. The molecule has 2 rings (SSSR count). The van der Waals surface area contributed by atoms with Crippen LogP contribution in [0.2, 0.25) is 5.02 Å². The predicted molar refractivity (Wildman–Crippen MR) is 74.4 cm³/mol. The summed E-state index contributed by atoms with van der Waals surface area (Å²) in [5.74, 6) is 0.304. The SMILES string of the molecule is N#Cc1cc([N+](=O)[O-])cnc1NCc1cccc(Cl)c1. The second-order valence-corrected chi connectivity index (χ2v) is 4.38. The average molecular weight is 289 g/mol.